The molecule has 5 N–H and O–H groups in total. The topological polar surface area (TPSA) is 72.3 Å². The maximum atomic E-state index is 9.96. The summed E-state index contributed by atoms with van der Waals surface area (Å²) >= 11 is 0. The van der Waals surface area contributed by atoms with Crippen LogP contribution in [-0.4, -0.2) is 5.11 Å². The molecule has 0 unspecified atom stereocenters. The number of hydrogen-bond acceptors (Lipinski definition) is 3. The summed E-state index contributed by atoms with van der Waals surface area (Å²) in [5.41, 5.74) is 19.6. The van der Waals surface area contributed by atoms with Gasteiger partial charge < -0.3 is 16.6 Å². The van der Waals surface area contributed by atoms with Gasteiger partial charge in [-0.25, -0.2) is 0 Å². The Labute approximate surface area is 158 Å². The minimum Gasteiger partial charge on any atom is -0.508 e. The highest BCUT2D eigenvalue weighted by atomic mass is 16.3. The highest BCUT2D eigenvalue weighted by Crippen LogP contribution is 2.40. The van der Waals surface area contributed by atoms with Crippen LogP contribution in [0.4, 0.5) is 11.4 Å². The van der Waals surface area contributed by atoms with Gasteiger partial charge in [0.2, 0.25) is 0 Å². The van der Waals surface area contributed by atoms with E-state index >= 15 is 0 Å². The second-order valence-corrected chi connectivity index (χ2v) is 6.52. The molecule has 0 radical (unpaired) electrons. The zero-order chi connectivity index (χ0) is 18.8. The first kappa shape index (κ1) is 16.7. The number of hydrogen-bond donors (Lipinski definition) is 3. The molecule has 4 aromatic rings. The SMILES string of the molecule is Nc1ccc(-c2cccc(-c3cccc(O)c3)c2-c2ccc(N)cc2)cc1. The van der Waals surface area contributed by atoms with Crippen LogP contribution in [0.3, 0.4) is 0 Å². The summed E-state index contributed by atoms with van der Waals surface area (Å²) in [7, 11) is 0. The van der Waals surface area contributed by atoms with Gasteiger partial charge in [0, 0.05) is 11.4 Å². The molecule has 132 valence electrons. The molecule has 0 fully saturated rings. The Balaban J connectivity index is 2.00. The summed E-state index contributed by atoms with van der Waals surface area (Å²) < 4.78 is 0. The molecule has 27 heavy (non-hydrogen) atoms. The lowest BCUT2D eigenvalue weighted by Gasteiger charge is -2.17. The lowest BCUT2D eigenvalue weighted by atomic mass is 9.87. The first-order valence-electron chi connectivity index (χ1n) is 8.76. The smallest absolute Gasteiger partial charge is 0.116 e. The van der Waals surface area contributed by atoms with E-state index in [1.165, 1.54) is 0 Å². The highest BCUT2D eigenvalue weighted by Gasteiger charge is 2.14. The van der Waals surface area contributed by atoms with E-state index < -0.39 is 0 Å². The molecule has 4 aromatic carbocycles. The zero-order valence-electron chi connectivity index (χ0n) is 14.8. The van der Waals surface area contributed by atoms with E-state index in [9.17, 15) is 5.11 Å². The van der Waals surface area contributed by atoms with Gasteiger partial charge in [0.15, 0.2) is 0 Å². The predicted octanol–water partition coefficient (Wildman–Crippen LogP) is 5.56. The Morgan fingerprint density at radius 1 is 0.519 bits per heavy atom. The summed E-state index contributed by atoms with van der Waals surface area (Å²) in [4.78, 5) is 0. The monoisotopic (exact) mass is 352 g/mol. The van der Waals surface area contributed by atoms with Gasteiger partial charge in [-0.3, -0.25) is 0 Å². The van der Waals surface area contributed by atoms with Crippen LogP contribution in [0.1, 0.15) is 0 Å². The lowest BCUT2D eigenvalue weighted by Crippen LogP contribution is -1.92. The Kier molecular flexibility index (Phi) is 4.27. The van der Waals surface area contributed by atoms with Crippen molar-refractivity contribution in [3.8, 4) is 39.1 Å². The average Bonchev–Trinajstić information content (AvgIpc) is 2.69. The molecule has 0 bridgehead atoms. The summed E-state index contributed by atoms with van der Waals surface area (Å²) in [5.74, 6) is 0.244. The first-order valence-corrected chi connectivity index (χ1v) is 8.76. The first-order chi connectivity index (χ1) is 13.1. The van der Waals surface area contributed by atoms with Crippen LogP contribution in [0.15, 0.2) is 91.0 Å². The van der Waals surface area contributed by atoms with Gasteiger partial charge in [-0.05, 0) is 69.8 Å². The molecule has 0 aromatic heterocycles. The summed E-state index contributed by atoms with van der Waals surface area (Å²) in [6.45, 7) is 0. The normalized spacial score (nSPS) is 10.7. The van der Waals surface area contributed by atoms with Crippen molar-refractivity contribution in [2.45, 2.75) is 0 Å². The van der Waals surface area contributed by atoms with Crippen LogP contribution in [0.5, 0.6) is 5.75 Å². The third-order valence-electron chi connectivity index (χ3n) is 4.64. The predicted molar refractivity (Wildman–Crippen MR) is 113 cm³/mol. The maximum Gasteiger partial charge on any atom is 0.116 e. The quantitative estimate of drug-likeness (QED) is 0.423. The number of aromatic hydroxyl groups is 1. The minimum absolute atomic E-state index is 0.244. The van der Waals surface area contributed by atoms with Gasteiger partial charge in [0.05, 0.1) is 0 Å². The number of benzene rings is 4. The minimum atomic E-state index is 0.244. The van der Waals surface area contributed by atoms with E-state index in [4.69, 9.17) is 11.5 Å². The Hall–Kier alpha value is -3.72. The van der Waals surface area contributed by atoms with Crippen molar-refractivity contribution in [3.63, 3.8) is 0 Å². The van der Waals surface area contributed by atoms with Crippen molar-refractivity contribution in [3.05, 3.63) is 91.0 Å². The molecule has 0 atom stereocenters. The molecule has 0 heterocycles. The Morgan fingerprint density at radius 2 is 1.04 bits per heavy atom. The van der Waals surface area contributed by atoms with E-state index in [2.05, 4.69) is 12.1 Å². The zero-order valence-corrected chi connectivity index (χ0v) is 14.8. The molecule has 0 spiro atoms. The fraction of sp³-hybridized carbons (Fsp3) is 0. The molecule has 0 amide bonds. The van der Waals surface area contributed by atoms with Gasteiger partial charge in [0.1, 0.15) is 5.75 Å². The third kappa shape index (κ3) is 3.35. The second kappa shape index (κ2) is 6.89. The van der Waals surface area contributed by atoms with Gasteiger partial charge in [0.25, 0.3) is 0 Å². The van der Waals surface area contributed by atoms with Crippen LogP contribution >= 0.6 is 0 Å². The van der Waals surface area contributed by atoms with E-state index in [0.717, 1.165) is 44.8 Å². The van der Waals surface area contributed by atoms with Crippen molar-refractivity contribution in [1.82, 2.24) is 0 Å². The van der Waals surface area contributed by atoms with Crippen molar-refractivity contribution >= 4 is 11.4 Å². The van der Waals surface area contributed by atoms with Crippen LogP contribution < -0.4 is 11.5 Å². The Bertz CT molecular complexity index is 1080. The average molecular weight is 352 g/mol. The van der Waals surface area contributed by atoms with Crippen molar-refractivity contribution in [1.29, 1.82) is 0 Å². The van der Waals surface area contributed by atoms with E-state index in [-0.39, 0.29) is 5.75 Å². The second-order valence-electron chi connectivity index (χ2n) is 6.52. The molecule has 0 aliphatic rings. The van der Waals surface area contributed by atoms with Crippen molar-refractivity contribution in [2.24, 2.45) is 0 Å². The van der Waals surface area contributed by atoms with Gasteiger partial charge in [-0.1, -0.05) is 54.6 Å². The van der Waals surface area contributed by atoms with E-state index in [1.54, 1.807) is 12.1 Å². The third-order valence-corrected chi connectivity index (χ3v) is 4.64. The summed E-state index contributed by atoms with van der Waals surface area (Å²) in [5, 5.41) is 9.96. The largest absolute Gasteiger partial charge is 0.508 e. The number of rotatable bonds is 3. The van der Waals surface area contributed by atoms with Crippen LogP contribution in [0.2, 0.25) is 0 Å². The molecule has 0 aliphatic heterocycles. The fourth-order valence-corrected chi connectivity index (χ4v) is 3.33. The van der Waals surface area contributed by atoms with Crippen molar-refractivity contribution in [2.75, 3.05) is 11.5 Å². The van der Waals surface area contributed by atoms with Crippen LogP contribution in [-0.2, 0) is 0 Å². The number of anilines is 2. The molecule has 3 nitrogen and oxygen atoms in total. The highest BCUT2D eigenvalue weighted by molar-refractivity contribution is 5.95. The van der Waals surface area contributed by atoms with Crippen LogP contribution in [0, 0.1) is 0 Å². The Morgan fingerprint density at radius 3 is 1.63 bits per heavy atom. The van der Waals surface area contributed by atoms with Gasteiger partial charge in [-0.15, -0.1) is 0 Å². The maximum absolute atomic E-state index is 9.96. The number of nitrogen functional groups attached to an aromatic ring is 2. The number of phenols is 1. The summed E-state index contributed by atoms with van der Waals surface area (Å²) in [6.07, 6.45) is 0. The standard InChI is InChI=1S/C24H20N2O/c25-19-11-7-16(8-12-19)22-5-2-6-23(18-3-1-4-21(27)15-18)24(22)17-9-13-20(26)14-10-17/h1-15,27H,25-26H2. The molecule has 0 aliphatic carbocycles. The van der Waals surface area contributed by atoms with Gasteiger partial charge in [-0.2, -0.15) is 0 Å². The van der Waals surface area contributed by atoms with E-state index in [0.29, 0.717) is 0 Å². The van der Waals surface area contributed by atoms with Crippen LogP contribution in [0.25, 0.3) is 33.4 Å². The number of nitrogens with two attached hydrogens (primary N) is 2. The summed E-state index contributed by atoms with van der Waals surface area (Å²) in [6, 6.07) is 29.2. The molecule has 3 heteroatoms. The fourth-order valence-electron chi connectivity index (χ4n) is 3.33. The lowest BCUT2D eigenvalue weighted by molar-refractivity contribution is 0.475. The molecular formula is C24H20N2O. The molecule has 0 saturated carbocycles. The van der Waals surface area contributed by atoms with Gasteiger partial charge >= 0.3 is 0 Å². The van der Waals surface area contributed by atoms with E-state index in [1.807, 2.05) is 66.7 Å². The molecule has 4 rings (SSSR count). The van der Waals surface area contributed by atoms with Crippen molar-refractivity contribution < 1.29 is 5.11 Å². The molecule has 0 saturated heterocycles. The number of phenolic OH excluding ortho intramolecular Hbond substituents is 1. The molecular weight excluding hydrogens is 332 g/mol.